The van der Waals surface area contributed by atoms with Gasteiger partial charge in [-0.1, -0.05) is 18.1 Å². The predicted molar refractivity (Wildman–Crippen MR) is 80.5 cm³/mol. The maximum atomic E-state index is 12.2. The average molecular weight is 288 g/mol. The summed E-state index contributed by atoms with van der Waals surface area (Å²) in [5.74, 6) is 1.51. The van der Waals surface area contributed by atoms with Crippen molar-refractivity contribution < 1.29 is 14.1 Å². The number of benzene rings is 1. The Balaban J connectivity index is 2.04. The highest BCUT2D eigenvalue weighted by molar-refractivity contribution is 5.93. The first-order valence-corrected chi connectivity index (χ1v) is 6.97. The van der Waals surface area contributed by atoms with Crippen LogP contribution in [0.4, 0.5) is 5.82 Å². The molecule has 0 aliphatic heterocycles. The van der Waals surface area contributed by atoms with Gasteiger partial charge in [0.2, 0.25) is 0 Å². The number of hydrogen-bond donors (Lipinski definition) is 1. The third-order valence-electron chi connectivity index (χ3n) is 3.30. The fourth-order valence-electron chi connectivity index (χ4n) is 1.91. The van der Waals surface area contributed by atoms with Crippen molar-refractivity contribution in [3.05, 3.63) is 41.2 Å². The van der Waals surface area contributed by atoms with Gasteiger partial charge in [0.25, 0.3) is 5.91 Å². The SMILES string of the molecule is CCC(Oc1ccc(C)c(C)c1)C(=O)Nc1cc(C)on1. The topological polar surface area (TPSA) is 64.4 Å². The van der Waals surface area contributed by atoms with E-state index in [0.29, 0.717) is 23.7 Å². The Labute approximate surface area is 124 Å². The first-order chi connectivity index (χ1) is 9.99. The standard InChI is InChI=1S/C16H20N2O3/c1-5-14(16(19)17-15-9-12(4)21-18-15)20-13-7-6-10(2)11(3)8-13/h6-9,14H,5H2,1-4H3,(H,17,18,19). The maximum absolute atomic E-state index is 12.2. The molecule has 0 saturated heterocycles. The van der Waals surface area contributed by atoms with Gasteiger partial charge in [0.05, 0.1) is 0 Å². The Bertz CT molecular complexity index is 634. The van der Waals surface area contributed by atoms with Crippen LogP contribution < -0.4 is 10.1 Å². The highest BCUT2D eigenvalue weighted by Gasteiger charge is 2.19. The van der Waals surface area contributed by atoms with Crippen molar-refractivity contribution in [1.29, 1.82) is 0 Å². The number of carbonyl (C=O) groups excluding carboxylic acids is 1. The summed E-state index contributed by atoms with van der Waals surface area (Å²) in [5, 5.41) is 6.43. The number of carbonyl (C=O) groups is 1. The Hall–Kier alpha value is -2.30. The van der Waals surface area contributed by atoms with Gasteiger partial charge >= 0.3 is 0 Å². The third-order valence-corrected chi connectivity index (χ3v) is 3.30. The number of hydrogen-bond acceptors (Lipinski definition) is 4. The predicted octanol–water partition coefficient (Wildman–Crippen LogP) is 3.40. The highest BCUT2D eigenvalue weighted by atomic mass is 16.5. The van der Waals surface area contributed by atoms with Gasteiger partial charge in [-0.3, -0.25) is 4.79 Å². The van der Waals surface area contributed by atoms with Crippen LogP contribution >= 0.6 is 0 Å². The Kier molecular flexibility index (Phi) is 4.62. The van der Waals surface area contributed by atoms with E-state index in [9.17, 15) is 4.79 Å². The Morgan fingerprint density at radius 2 is 2.05 bits per heavy atom. The second-order valence-electron chi connectivity index (χ2n) is 5.07. The molecule has 0 radical (unpaired) electrons. The van der Waals surface area contributed by atoms with Crippen LogP contribution in [0.2, 0.25) is 0 Å². The lowest BCUT2D eigenvalue weighted by Crippen LogP contribution is -2.32. The van der Waals surface area contributed by atoms with Crippen molar-refractivity contribution in [3.63, 3.8) is 0 Å². The number of aryl methyl sites for hydroxylation is 3. The summed E-state index contributed by atoms with van der Waals surface area (Å²) < 4.78 is 10.7. The van der Waals surface area contributed by atoms with Gasteiger partial charge in [0.15, 0.2) is 11.9 Å². The van der Waals surface area contributed by atoms with Crippen molar-refractivity contribution in [3.8, 4) is 5.75 Å². The van der Waals surface area contributed by atoms with Gasteiger partial charge in [0, 0.05) is 6.07 Å². The quantitative estimate of drug-likeness (QED) is 0.915. The van der Waals surface area contributed by atoms with Crippen LogP contribution in [-0.4, -0.2) is 17.2 Å². The van der Waals surface area contributed by atoms with E-state index in [1.54, 1.807) is 13.0 Å². The molecular formula is C16H20N2O3. The minimum Gasteiger partial charge on any atom is -0.481 e. The first kappa shape index (κ1) is 15.1. The number of rotatable bonds is 5. The summed E-state index contributed by atoms with van der Waals surface area (Å²) >= 11 is 0. The van der Waals surface area contributed by atoms with Crippen LogP contribution in [0.25, 0.3) is 0 Å². The van der Waals surface area contributed by atoms with Gasteiger partial charge < -0.3 is 14.6 Å². The van der Waals surface area contributed by atoms with E-state index in [0.717, 1.165) is 5.56 Å². The summed E-state index contributed by atoms with van der Waals surface area (Å²) in [7, 11) is 0. The lowest BCUT2D eigenvalue weighted by atomic mass is 10.1. The number of nitrogens with zero attached hydrogens (tertiary/aromatic N) is 1. The molecule has 1 aromatic heterocycles. The monoisotopic (exact) mass is 288 g/mol. The number of amides is 1. The molecule has 21 heavy (non-hydrogen) atoms. The van der Waals surface area contributed by atoms with Gasteiger partial charge in [-0.05, 0) is 50.5 Å². The normalized spacial score (nSPS) is 12.0. The number of anilines is 1. The van der Waals surface area contributed by atoms with Crippen molar-refractivity contribution in [1.82, 2.24) is 5.16 Å². The zero-order valence-electron chi connectivity index (χ0n) is 12.8. The van der Waals surface area contributed by atoms with Gasteiger partial charge in [-0.2, -0.15) is 0 Å². The maximum Gasteiger partial charge on any atom is 0.266 e. The van der Waals surface area contributed by atoms with Crippen LogP contribution in [0.5, 0.6) is 5.75 Å². The molecule has 0 bridgehead atoms. The van der Waals surface area contributed by atoms with E-state index >= 15 is 0 Å². The first-order valence-electron chi connectivity index (χ1n) is 6.97. The summed E-state index contributed by atoms with van der Waals surface area (Å²) in [4.78, 5) is 12.2. The molecule has 1 N–H and O–H groups in total. The molecular weight excluding hydrogens is 268 g/mol. The molecule has 0 fully saturated rings. The van der Waals surface area contributed by atoms with E-state index < -0.39 is 6.10 Å². The Morgan fingerprint density at radius 3 is 2.62 bits per heavy atom. The minimum absolute atomic E-state index is 0.232. The average Bonchev–Trinajstić information content (AvgIpc) is 2.85. The largest absolute Gasteiger partial charge is 0.481 e. The molecule has 112 valence electrons. The molecule has 2 rings (SSSR count). The fourth-order valence-corrected chi connectivity index (χ4v) is 1.91. The molecule has 0 aliphatic rings. The van der Waals surface area contributed by atoms with Crippen molar-refractivity contribution in [2.24, 2.45) is 0 Å². The molecule has 5 nitrogen and oxygen atoms in total. The van der Waals surface area contributed by atoms with E-state index in [-0.39, 0.29) is 5.91 Å². The lowest BCUT2D eigenvalue weighted by Gasteiger charge is -2.17. The molecule has 2 aromatic rings. The van der Waals surface area contributed by atoms with E-state index in [1.807, 2.05) is 39.0 Å². The van der Waals surface area contributed by atoms with Crippen LogP contribution in [0.3, 0.4) is 0 Å². The van der Waals surface area contributed by atoms with Crippen molar-refractivity contribution in [2.75, 3.05) is 5.32 Å². The van der Waals surface area contributed by atoms with Crippen molar-refractivity contribution >= 4 is 11.7 Å². The molecule has 1 amide bonds. The summed E-state index contributed by atoms with van der Waals surface area (Å²) in [6, 6.07) is 7.46. The van der Waals surface area contributed by atoms with Crippen molar-refractivity contribution in [2.45, 2.75) is 40.2 Å². The smallest absolute Gasteiger partial charge is 0.266 e. The summed E-state index contributed by atoms with van der Waals surface area (Å²) in [6.45, 7) is 7.72. The minimum atomic E-state index is -0.566. The lowest BCUT2D eigenvalue weighted by molar-refractivity contribution is -0.122. The van der Waals surface area contributed by atoms with Crippen LogP contribution in [0, 0.1) is 20.8 Å². The number of ether oxygens (including phenoxy) is 1. The van der Waals surface area contributed by atoms with Gasteiger partial charge in [-0.25, -0.2) is 0 Å². The molecule has 1 heterocycles. The highest BCUT2D eigenvalue weighted by Crippen LogP contribution is 2.19. The van der Waals surface area contributed by atoms with E-state index in [2.05, 4.69) is 10.5 Å². The molecule has 5 heteroatoms. The van der Waals surface area contributed by atoms with Crippen LogP contribution in [-0.2, 0) is 4.79 Å². The molecule has 1 unspecified atom stereocenters. The molecule has 1 aromatic carbocycles. The molecule has 0 saturated carbocycles. The molecule has 1 atom stereocenters. The Morgan fingerprint density at radius 1 is 1.29 bits per heavy atom. The summed E-state index contributed by atoms with van der Waals surface area (Å²) in [5.41, 5.74) is 2.33. The summed E-state index contributed by atoms with van der Waals surface area (Å²) in [6.07, 6.45) is -0.000566. The third kappa shape index (κ3) is 3.84. The second kappa shape index (κ2) is 6.43. The second-order valence-corrected chi connectivity index (χ2v) is 5.07. The van der Waals surface area contributed by atoms with Gasteiger partial charge in [-0.15, -0.1) is 0 Å². The zero-order valence-corrected chi connectivity index (χ0v) is 12.8. The van der Waals surface area contributed by atoms with Gasteiger partial charge in [0.1, 0.15) is 11.5 Å². The zero-order chi connectivity index (χ0) is 15.4. The van der Waals surface area contributed by atoms with E-state index in [1.165, 1.54) is 5.56 Å². The van der Waals surface area contributed by atoms with E-state index in [4.69, 9.17) is 9.26 Å². The molecule has 0 aliphatic carbocycles. The molecule has 0 spiro atoms. The number of aromatic nitrogens is 1. The van der Waals surface area contributed by atoms with Crippen LogP contribution in [0.1, 0.15) is 30.2 Å². The van der Waals surface area contributed by atoms with Crippen LogP contribution in [0.15, 0.2) is 28.8 Å². The fraction of sp³-hybridized carbons (Fsp3) is 0.375. The number of nitrogens with one attached hydrogen (secondary N) is 1.